The van der Waals surface area contributed by atoms with Crippen LogP contribution in [-0.2, 0) is 4.79 Å². The molecule has 1 amide bonds. The Balaban J connectivity index is 2.12. The van der Waals surface area contributed by atoms with Gasteiger partial charge in [0.25, 0.3) is 0 Å². The largest absolute Gasteiger partial charge is 0.291 e. The summed E-state index contributed by atoms with van der Waals surface area (Å²) in [5, 5.41) is 13.4. The molecule has 0 N–H and O–H groups in total. The van der Waals surface area contributed by atoms with E-state index in [1.165, 1.54) is 27.9 Å². The van der Waals surface area contributed by atoms with Crippen molar-refractivity contribution in [2.75, 3.05) is 17.3 Å². The molecule has 1 aliphatic heterocycles. The summed E-state index contributed by atoms with van der Waals surface area (Å²) in [5.41, 5.74) is 1.72. The number of amides is 1. The standard InChI is InChI=1S/C15H10ClFN4O/c16-7-14(22)20-6-5-13(10-1-3-12(17)4-2-10)21-15(20)11(8-18)9-19-21/h1-5,9H,6-7H2. The van der Waals surface area contributed by atoms with Gasteiger partial charge in [-0.05, 0) is 30.3 Å². The summed E-state index contributed by atoms with van der Waals surface area (Å²) in [4.78, 5) is 13.4. The quantitative estimate of drug-likeness (QED) is 0.799. The summed E-state index contributed by atoms with van der Waals surface area (Å²) in [6, 6.07) is 7.96. The molecule has 1 aromatic carbocycles. The molecule has 7 heteroatoms. The third-order valence-corrected chi connectivity index (χ3v) is 3.60. The first kappa shape index (κ1) is 14.3. The van der Waals surface area contributed by atoms with Gasteiger partial charge in [0.2, 0.25) is 5.91 Å². The van der Waals surface area contributed by atoms with E-state index in [2.05, 4.69) is 5.10 Å². The lowest BCUT2D eigenvalue weighted by Gasteiger charge is -2.27. The fraction of sp³-hybridized carbons (Fsp3) is 0.133. The maximum Gasteiger partial charge on any atom is 0.243 e. The summed E-state index contributed by atoms with van der Waals surface area (Å²) in [5.74, 6) is -0.447. The number of halogens is 2. The number of fused-ring (bicyclic) bond motifs is 1. The van der Waals surface area contributed by atoms with Gasteiger partial charge in [-0.2, -0.15) is 10.4 Å². The number of hydrogen-bond acceptors (Lipinski definition) is 3. The van der Waals surface area contributed by atoms with E-state index in [9.17, 15) is 14.4 Å². The number of anilines is 1. The summed E-state index contributed by atoms with van der Waals surface area (Å²) >= 11 is 5.62. The summed E-state index contributed by atoms with van der Waals surface area (Å²) in [7, 11) is 0. The van der Waals surface area contributed by atoms with Crippen molar-refractivity contribution < 1.29 is 9.18 Å². The van der Waals surface area contributed by atoms with Gasteiger partial charge in [-0.1, -0.05) is 0 Å². The topological polar surface area (TPSA) is 61.9 Å². The highest BCUT2D eigenvalue weighted by molar-refractivity contribution is 6.29. The van der Waals surface area contributed by atoms with Crippen LogP contribution in [-0.4, -0.2) is 28.1 Å². The Kier molecular flexibility index (Phi) is 3.65. The van der Waals surface area contributed by atoms with Crippen LogP contribution >= 0.6 is 11.6 Å². The average Bonchev–Trinajstić information content (AvgIpc) is 2.98. The smallest absolute Gasteiger partial charge is 0.243 e. The monoisotopic (exact) mass is 316 g/mol. The lowest BCUT2D eigenvalue weighted by atomic mass is 10.1. The zero-order valence-electron chi connectivity index (χ0n) is 11.3. The van der Waals surface area contributed by atoms with Crippen LogP contribution in [0.4, 0.5) is 10.2 Å². The molecule has 0 atom stereocenters. The molecule has 22 heavy (non-hydrogen) atoms. The molecule has 0 saturated carbocycles. The Morgan fingerprint density at radius 1 is 1.41 bits per heavy atom. The normalized spacial score (nSPS) is 13.3. The van der Waals surface area contributed by atoms with Crippen molar-refractivity contribution in [1.29, 1.82) is 5.26 Å². The molecule has 0 saturated heterocycles. The molecule has 0 fully saturated rings. The van der Waals surface area contributed by atoms with Crippen LogP contribution < -0.4 is 4.90 Å². The third-order valence-electron chi connectivity index (χ3n) is 3.37. The second-order valence-corrected chi connectivity index (χ2v) is 4.91. The van der Waals surface area contributed by atoms with E-state index in [4.69, 9.17) is 11.6 Å². The molecular weight excluding hydrogens is 307 g/mol. The fourth-order valence-corrected chi connectivity index (χ4v) is 2.50. The second kappa shape index (κ2) is 5.62. The molecule has 0 radical (unpaired) electrons. The molecule has 5 nitrogen and oxygen atoms in total. The SMILES string of the molecule is N#Cc1cnn2c1N(C(=O)CCl)CC=C2c1ccc(F)cc1. The van der Waals surface area contributed by atoms with Crippen LogP contribution in [0.15, 0.2) is 36.5 Å². The van der Waals surface area contributed by atoms with Gasteiger partial charge < -0.3 is 0 Å². The molecule has 0 bridgehead atoms. The minimum absolute atomic E-state index is 0.185. The number of alkyl halides is 1. The molecule has 2 aromatic rings. The number of hydrogen-bond donors (Lipinski definition) is 0. The molecule has 3 rings (SSSR count). The van der Waals surface area contributed by atoms with E-state index in [-0.39, 0.29) is 29.7 Å². The predicted octanol–water partition coefficient (Wildman–Crippen LogP) is 2.37. The van der Waals surface area contributed by atoms with E-state index >= 15 is 0 Å². The van der Waals surface area contributed by atoms with Crippen molar-refractivity contribution in [3.8, 4) is 6.07 Å². The van der Waals surface area contributed by atoms with E-state index in [1.54, 1.807) is 18.2 Å². The van der Waals surface area contributed by atoms with Gasteiger partial charge in [0, 0.05) is 12.1 Å². The van der Waals surface area contributed by atoms with Gasteiger partial charge in [0.1, 0.15) is 23.3 Å². The summed E-state index contributed by atoms with van der Waals surface area (Å²) in [6.07, 6.45) is 3.19. The van der Waals surface area contributed by atoms with Crippen molar-refractivity contribution in [1.82, 2.24) is 9.78 Å². The van der Waals surface area contributed by atoms with E-state index in [0.29, 0.717) is 11.5 Å². The zero-order chi connectivity index (χ0) is 15.7. The Morgan fingerprint density at radius 2 is 2.14 bits per heavy atom. The third kappa shape index (κ3) is 2.26. The van der Waals surface area contributed by atoms with Gasteiger partial charge in [-0.25, -0.2) is 9.07 Å². The van der Waals surface area contributed by atoms with Crippen LogP contribution in [0.1, 0.15) is 11.1 Å². The molecule has 1 aliphatic rings. The highest BCUT2D eigenvalue weighted by atomic mass is 35.5. The van der Waals surface area contributed by atoms with Gasteiger partial charge in [0.05, 0.1) is 11.9 Å². The lowest BCUT2D eigenvalue weighted by molar-refractivity contribution is -0.116. The van der Waals surface area contributed by atoms with Crippen LogP contribution in [0.2, 0.25) is 0 Å². The number of rotatable bonds is 2. The minimum atomic E-state index is -0.336. The Hall–Kier alpha value is -2.65. The Bertz CT molecular complexity index is 804. The fourth-order valence-electron chi connectivity index (χ4n) is 2.36. The van der Waals surface area contributed by atoms with E-state index < -0.39 is 0 Å². The number of carbonyl (C=O) groups is 1. The van der Waals surface area contributed by atoms with Crippen LogP contribution in [0.25, 0.3) is 5.70 Å². The summed E-state index contributed by atoms with van der Waals surface area (Å²) < 4.78 is 14.6. The molecule has 0 unspecified atom stereocenters. The zero-order valence-corrected chi connectivity index (χ0v) is 12.1. The minimum Gasteiger partial charge on any atom is -0.291 e. The highest BCUT2D eigenvalue weighted by Crippen LogP contribution is 2.31. The predicted molar refractivity (Wildman–Crippen MR) is 79.8 cm³/mol. The van der Waals surface area contributed by atoms with Gasteiger partial charge in [-0.3, -0.25) is 9.69 Å². The Labute approximate surface area is 130 Å². The number of carbonyl (C=O) groups excluding carboxylic acids is 1. The van der Waals surface area contributed by atoms with E-state index in [1.807, 2.05) is 6.07 Å². The first-order chi connectivity index (χ1) is 10.7. The van der Waals surface area contributed by atoms with Crippen LogP contribution in [0.3, 0.4) is 0 Å². The highest BCUT2D eigenvalue weighted by Gasteiger charge is 2.28. The molecule has 1 aromatic heterocycles. The average molecular weight is 317 g/mol. The van der Waals surface area contributed by atoms with Crippen molar-refractivity contribution in [2.45, 2.75) is 0 Å². The van der Waals surface area contributed by atoms with Gasteiger partial charge in [-0.15, -0.1) is 11.6 Å². The number of nitrogens with zero attached hydrogens (tertiary/aromatic N) is 4. The molecular formula is C15H10ClFN4O. The number of nitriles is 1. The first-order valence-corrected chi connectivity index (χ1v) is 7.00. The summed E-state index contributed by atoms with van der Waals surface area (Å²) in [6.45, 7) is 0.276. The maximum absolute atomic E-state index is 13.1. The first-order valence-electron chi connectivity index (χ1n) is 6.46. The van der Waals surface area contributed by atoms with Gasteiger partial charge >= 0.3 is 0 Å². The molecule has 110 valence electrons. The Morgan fingerprint density at radius 3 is 2.77 bits per heavy atom. The molecule has 0 aliphatic carbocycles. The number of aromatic nitrogens is 2. The van der Waals surface area contributed by atoms with Crippen molar-refractivity contribution in [3.63, 3.8) is 0 Å². The maximum atomic E-state index is 13.1. The van der Waals surface area contributed by atoms with Crippen LogP contribution in [0.5, 0.6) is 0 Å². The number of benzene rings is 1. The van der Waals surface area contributed by atoms with Crippen molar-refractivity contribution in [3.05, 3.63) is 53.5 Å². The van der Waals surface area contributed by atoms with Crippen LogP contribution in [0, 0.1) is 17.1 Å². The van der Waals surface area contributed by atoms with Crippen molar-refractivity contribution in [2.24, 2.45) is 0 Å². The second-order valence-electron chi connectivity index (χ2n) is 4.64. The van der Waals surface area contributed by atoms with Crippen molar-refractivity contribution >= 4 is 29.0 Å². The molecule has 2 heterocycles. The lowest BCUT2D eigenvalue weighted by Crippen LogP contribution is -2.37. The molecule has 0 spiro atoms. The van der Waals surface area contributed by atoms with Gasteiger partial charge in [0.15, 0.2) is 5.82 Å². The van der Waals surface area contributed by atoms with E-state index in [0.717, 1.165) is 5.56 Å².